The summed E-state index contributed by atoms with van der Waals surface area (Å²) in [5.74, 6) is 1.69. The topological polar surface area (TPSA) is 61.8 Å². The van der Waals surface area contributed by atoms with Crippen LogP contribution in [0.3, 0.4) is 0 Å². The number of aryl methyl sites for hydroxylation is 2. The highest BCUT2D eigenvalue weighted by molar-refractivity contribution is 7.11. The van der Waals surface area contributed by atoms with Crippen molar-refractivity contribution < 1.29 is 4.74 Å². The van der Waals surface area contributed by atoms with Crippen LogP contribution in [0.4, 0.5) is 5.69 Å². The molecule has 1 aliphatic rings. The van der Waals surface area contributed by atoms with Crippen LogP contribution in [0.25, 0.3) is 0 Å². The number of anilines is 1. The molecule has 6 nitrogen and oxygen atoms in total. The number of guanidine groups is 1. The Hall–Kier alpha value is -1.99. The maximum Gasteiger partial charge on any atom is 0.191 e. The summed E-state index contributed by atoms with van der Waals surface area (Å²) in [6.07, 6.45) is 1.03. The zero-order valence-corrected chi connectivity index (χ0v) is 18.5. The second-order valence-electron chi connectivity index (χ2n) is 6.83. The van der Waals surface area contributed by atoms with Gasteiger partial charge in [0.2, 0.25) is 0 Å². The Balaban J connectivity index is 1.66. The average molecular weight is 422 g/mol. The average Bonchev–Trinajstić information content (AvgIpc) is 3.25. The number of aliphatic imine (C=N–C) groups is 1. The SMILES string of the molecule is CCNC(=NCc1sc(C)nc1C)NC1CCN(c2cc(Cl)ccc2OC)C1. The molecule has 0 amide bonds. The van der Waals surface area contributed by atoms with Gasteiger partial charge in [-0.3, -0.25) is 0 Å². The molecule has 2 N–H and O–H groups in total. The van der Waals surface area contributed by atoms with Crippen molar-refractivity contribution in [2.45, 2.75) is 39.8 Å². The standard InChI is InChI=1S/C20H28ClN5OS/c1-5-22-20(23-11-19-13(2)24-14(3)28-19)25-16-8-9-26(12-16)17-10-15(21)6-7-18(17)27-4/h6-7,10,16H,5,8-9,11-12H2,1-4H3,(H2,22,23,25). The molecular formula is C20H28ClN5OS. The van der Waals surface area contributed by atoms with Crippen molar-refractivity contribution in [3.8, 4) is 5.75 Å². The Morgan fingerprint density at radius 1 is 1.43 bits per heavy atom. The lowest BCUT2D eigenvalue weighted by molar-refractivity contribution is 0.415. The van der Waals surface area contributed by atoms with Gasteiger partial charge in [-0.1, -0.05) is 11.6 Å². The molecule has 0 spiro atoms. The van der Waals surface area contributed by atoms with E-state index in [1.165, 1.54) is 4.88 Å². The number of hydrogen-bond acceptors (Lipinski definition) is 5. The number of rotatable bonds is 6. The summed E-state index contributed by atoms with van der Waals surface area (Å²) in [6, 6.07) is 6.06. The van der Waals surface area contributed by atoms with Crippen molar-refractivity contribution in [3.63, 3.8) is 0 Å². The van der Waals surface area contributed by atoms with Crippen LogP contribution in [0.1, 0.15) is 28.9 Å². The first-order valence-corrected chi connectivity index (χ1v) is 10.8. The van der Waals surface area contributed by atoms with Gasteiger partial charge in [-0.25, -0.2) is 9.98 Å². The molecule has 0 bridgehead atoms. The highest BCUT2D eigenvalue weighted by Gasteiger charge is 2.25. The van der Waals surface area contributed by atoms with Gasteiger partial charge in [0, 0.05) is 35.6 Å². The minimum atomic E-state index is 0.311. The van der Waals surface area contributed by atoms with Crippen LogP contribution in [0.15, 0.2) is 23.2 Å². The van der Waals surface area contributed by atoms with Crippen LogP contribution in [-0.4, -0.2) is 43.7 Å². The molecule has 152 valence electrons. The molecule has 28 heavy (non-hydrogen) atoms. The molecule has 1 aliphatic heterocycles. The van der Waals surface area contributed by atoms with E-state index in [0.29, 0.717) is 12.6 Å². The molecular weight excluding hydrogens is 394 g/mol. The maximum atomic E-state index is 6.20. The highest BCUT2D eigenvalue weighted by atomic mass is 35.5. The van der Waals surface area contributed by atoms with Crippen LogP contribution in [-0.2, 0) is 6.54 Å². The second-order valence-corrected chi connectivity index (χ2v) is 8.55. The van der Waals surface area contributed by atoms with Gasteiger partial charge in [0.05, 0.1) is 30.0 Å². The third-order valence-electron chi connectivity index (χ3n) is 4.74. The van der Waals surface area contributed by atoms with Crippen LogP contribution in [0.5, 0.6) is 5.75 Å². The van der Waals surface area contributed by atoms with Gasteiger partial charge in [-0.15, -0.1) is 11.3 Å². The fraction of sp³-hybridized carbons (Fsp3) is 0.500. The van der Waals surface area contributed by atoms with Crippen molar-refractivity contribution in [1.29, 1.82) is 0 Å². The quantitative estimate of drug-likeness (QED) is 0.549. The van der Waals surface area contributed by atoms with Gasteiger partial charge >= 0.3 is 0 Å². The minimum absolute atomic E-state index is 0.311. The predicted molar refractivity (Wildman–Crippen MR) is 118 cm³/mol. The lowest BCUT2D eigenvalue weighted by Gasteiger charge is -2.22. The van der Waals surface area contributed by atoms with Gasteiger partial charge in [0.1, 0.15) is 5.75 Å². The van der Waals surface area contributed by atoms with Crippen molar-refractivity contribution in [3.05, 3.63) is 38.8 Å². The van der Waals surface area contributed by atoms with E-state index >= 15 is 0 Å². The number of aromatic nitrogens is 1. The van der Waals surface area contributed by atoms with E-state index in [-0.39, 0.29) is 0 Å². The molecule has 1 aromatic carbocycles. The smallest absolute Gasteiger partial charge is 0.191 e. The minimum Gasteiger partial charge on any atom is -0.495 e. The number of ether oxygens (including phenoxy) is 1. The molecule has 1 unspecified atom stereocenters. The number of nitrogens with one attached hydrogen (secondary N) is 2. The first-order chi connectivity index (χ1) is 13.5. The first kappa shape index (κ1) is 20.7. The summed E-state index contributed by atoms with van der Waals surface area (Å²) >= 11 is 7.91. The third kappa shape index (κ3) is 5.08. The molecule has 1 saturated heterocycles. The molecule has 3 rings (SSSR count). The van der Waals surface area contributed by atoms with E-state index in [9.17, 15) is 0 Å². The zero-order valence-electron chi connectivity index (χ0n) is 16.9. The van der Waals surface area contributed by atoms with Gasteiger partial charge in [-0.2, -0.15) is 0 Å². The Kier molecular flexibility index (Phi) is 7.02. The van der Waals surface area contributed by atoms with Crippen LogP contribution in [0.2, 0.25) is 5.02 Å². The highest BCUT2D eigenvalue weighted by Crippen LogP contribution is 2.33. The van der Waals surface area contributed by atoms with E-state index in [4.69, 9.17) is 21.3 Å². The third-order valence-corrected chi connectivity index (χ3v) is 6.03. The number of benzene rings is 1. The van der Waals surface area contributed by atoms with Gasteiger partial charge < -0.3 is 20.3 Å². The summed E-state index contributed by atoms with van der Waals surface area (Å²) in [6.45, 7) is 9.45. The van der Waals surface area contributed by atoms with Crippen molar-refractivity contribution in [2.75, 3.05) is 31.6 Å². The van der Waals surface area contributed by atoms with Gasteiger partial charge in [-0.05, 0) is 45.4 Å². The molecule has 2 heterocycles. The lowest BCUT2D eigenvalue weighted by atomic mass is 10.2. The maximum absolute atomic E-state index is 6.20. The van der Waals surface area contributed by atoms with Crippen LogP contribution >= 0.6 is 22.9 Å². The summed E-state index contributed by atoms with van der Waals surface area (Å²) in [7, 11) is 1.69. The molecule has 1 atom stereocenters. The molecule has 0 aliphatic carbocycles. The monoisotopic (exact) mass is 421 g/mol. The molecule has 1 aromatic heterocycles. The lowest BCUT2D eigenvalue weighted by Crippen LogP contribution is -2.44. The number of halogens is 1. The van der Waals surface area contributed by atoms with Crippen molar-refractivity contribution in [2.24, 2.45) is 4.99 Å². The Labute approximate surface area is 176 Å². The Morgan fingerprint density at radius 2 is 2.25 bits per heavy atom. The molecule has 0 saturated carbocycles. The summed E-state index contributed by atoms with van der Waals surface area (Å²) in [5, 5.41) is 8.73. The number of methoxy groups -OCH3 is 1. The summed E-state index contributed by atoms with van der Waals surface area (Å²) < 4.78 is 5.51. The molecule has 1 fully saturated rings. The zero-order chi connectivity index (χ0) is 20.1. The molecule has 8 heteroatoms. The number of thiazole rings is 1. The van der Waals surface area contributed by atoms with E-state index in [1.807, 2.05) is 32.0 Å². The van der Waals surface area contributed by atoms with E-state index in [2.05, 4.69) is 27.4 Å². The van der Waals surface area contributed by atoms with E-state index < -0.39 is 0 Å². The van der Waals surface area contributed by atoms with E-state index in [0.717, 1.165) is 59.2 Å². The largest absolute Gasteiger partial charge is 0.495 e. The second kappa shape index (κ2) is 9.47. The Morgan fingerprint density at radius 3 is 2.93 bits per heavy atom. The fourth-order valence-corrected chi connectivity index (χ4v) is 4.42. The predicted octanol–water partition coefficient (Wildman–Crippen LogP) is 3.76. The van der Waals surface area contributed by atoms with Crippen molar-refractivity contribution in [1.82, 2.24) is 15.6 Å². The van der Waals surface area contributed by atoms with E-state index in [1.54, 1.807) is 18.4 Å². The molecule has 2 aromatic rings. The number of nitrogens with zero attached hydrogens (tertiary/aromatic N) is 3. The van der Waals surface area contributed by atoms with Gasteiger partial charge in [0.15, 0.2) is 5.96 Å². The van der Waals surface area contributed by atoms with Crippen LogP contribution < -0.4 is 20.3 Å². The normalized spacial score (nSPS) is 17.1. The van der Waals surface area contributed by atoms with Gasteiger partial charge in [0.25, 0.3) is 0 Å². The van der Waals surface area contributed by atoms with Crippen molar-refractivity contribution >= 4 is 34.6 Å². The molecule has 0 radical (unpaired) electrons. The summed E-state index contributed by atoms with van der Waals surface area (Å²) in [4.78, 5) is 12.8. The number of hydrogen-bond donors (Lipinski definition) is 2. The Bertz CT molecular complexity index is 838. The first-order valence-electron chi connectivity index (χ1n) is 9.56. The van der Waals surface area contributed by atoms with Crippen LogP contribution in [0, 0.1) is 13.8 Å². The fourth-order valence-electron chi connectivity index (χ4n) is 3.39. The summed E-state index contributed by atoms with van der Waals surface area (Å²) in [5.41, 5.74) is 2.11.